The molecule has 8 bridgehead atoms. The monoisotopic (exact) mass is 814 g/mol. The number of nitrogens with one attached hydrogen (secondary N) is 2. The van der Waals surface area contributed by atoms with Gasteiger partial charge in [-0.3, -0.25) is 0 Å². The van der Waals surface area contributed by atoms with Gasteiger partial charge in [-0.15, -0.1) is 0 Å². The highest BCUT2D eigenvalue weighted by atomic mass is 15.1. The molecule has 13 rings (SSSR count). The fourth-order valence-electron chi connectivity index (χ4n) is 9.05. The van der Waals surface area contributed by atoms with Crippen molar-refractivity contribution in [3.8, 4) is 69.8 Å². The first-order valence-electron chi connectivity index (χ1n) is 20.1. The largest absolute Gasteiger partial charge is 0.324 e. The minimum atomic E-state index is 0.409. The van der Waals surface area contributed by atoms with Crippen molar-refractivity contribution in [3.63, 3.8) is 0 Å². The summed E-state index contributed by atoms with van der Waals surface area (Å²) < 4.78 is 0. The fourth-order valence-corrected chi connectivity index (χ4v) is 9.05. The van der Waals surface area contributed by atoms with Crippen LogP contribution in [0.3, 0.4) is 0 Å². The molecular weight excluding hydrogens is 793 g/mol. The van der Waals surface area contributed by atoms with Crippen molar-refractivity contribution in [3.05, 3.63) is 144 Å². The fraction of sp³-hybridized carbons (Fsp3) is 0. The first kappa shape index (κ1) is 34.9. The van der Waals surface area contributed by atoms with Gasteiger partial charge in [0.1, 0.15) is 22.6 Å². The summed E-state index contributed by atoms with van der Waals surface area (Å²) in [5, 5.41) is 49.2. The topological polar surface area (TPSA) is 204 Å². The predicted molar refractivity (Wildman–Crippen MR) is 245 cm³/mol. The maximum atomic E-state index is 9.78. The van der Waals surface area contributed by atoms with Crippen molar-refractivity contribution in [1.82, 2.24) is 39.9 Å². The lowest BCUT2D eigenvalue weighted by Gasteiger charge is -2.04. The number of H-pyrrole nitrogens is 2. The minimum absolute atomic E-state index is 0.409. The lowest BCUT2D eigenvalue weighted by molar-refractivity contribution is 1.19. The molecular formula is C52H22N12. The van der Waals surface area contributed by atoms with E-state index in [0.29, 0.717) is 68.1 Å². The molecule has 0 unspecified atom stereocenters. The van der Waals surface area contributed by atoms with Crippen molar-refractivity contribution in [2.45, 2.75) is 0 Å². The van der Waals surface area contributed by atoms with Gasteiger partial charge in [0.15, 0.2) is 23.3 Å². The molecule has 0 amide bonds. The van der Waals surface area contributed by atoms with Gasteiger partial charge in [0.25, 0.3) is 0 Å². The minimum Gasteiger partial charge on any atom is -0.324 e. The molecule has 12 nitrogen and oxygen atoms in total. The van der Waals surface area contributed by atoms with E-state index in [1.807, 2.05) is 97.1 Å². The van der Waals surface area contributed by atoms with Crippen molar-refractivity contribution in [2.24, 2.45) is 0 Å². The summed E-state index contributed by atoms with van der Waals surface area (Å²) in [6.45, 7) is 0. The molecule has 2 aliphatic rings. The van der Waals surface area contributed by atoms with E-state index in [4.69, 9.17) is 29.9 Å². The van der Waals surface area contributed by atoms with Crippen molar-refractivity contribution < 1.29 is 0 Å². The molecule has 0 fully saturated rings. The summed E-state index contributed by atoms with van der Waals surface area (Å²) >= 11 is 0. The predicted octanol–water partition coefficient (Wildman–Crippen LogP) is 11.0. The van der Waals surface area contributed by atoms with Crippen LogP contribution in [-0.2, 0) is 0 Å². The molecule has 11 aromatic rings. The second kappa shape index (κ2) is 12.8. The van der Waals surface area contributed by atoms with E-state index >= 15 is 0 Å². The Morgan fingerprint density at radius 1 is 0.281 bits per heavy atom. The van der Waals surface area contributed by atoms with Gasteiger partial charge in [-0.2, -0.15) is 21.0 Å². The lowest BCUT2D eigenvalue weighted by atomic mass is 10.00. The van der Waals surface area contributed by atoms with Crippen LogP contribution in [0.5, 0.6) is 0 Å². The Bertz CT molecular complexity index is 4100. The standard InChI is InChI=1S/C52H22N12/c53-21-25-1-5-29-13-37-41(17-33(29)9-25)49-57-45(37)61-50-42-18-34-10-26(22-54)2-6-30(34)14-38(42)47(58-50)63-52-44-20-36-12-28(24-56)4-8-32(36)16-40(44)48(60-52)64-51-43-19-35-11-27(23-55)3-7-31(35)15-39(43)46(59-51)62-49/h1-20H,(H2,57,58,59,60,61,62,63,64). The van der Waals surface area contributed by atoms with Gasteiger partial charge in [0.2, 0.25) is 0 Å². The molecule has 12 heteroatoms. The average molecular weight is 815 g/mol. The van der Waals surface area contributed by atoms with E-state index in [1.54, 1.807) is 24.3 Å². The van der Waals surface area contributed by atoms with Gasteiger partial charge in [-0.25, -0.2) is 29.9 Å². The molecule has 290 valence electrons. The molecule has 0 atom stereocenters. The van der Waals surface area contributed by atoms with Gasteiger partial charge in [0, 0.05) is 43.8 Å². The molecule has 2 aliphatic heterocycles. The Morgan fingerprint density at radius 2 is 0.531 bits per heavy atom. The van der Waals surface area contributed by atoms with Gasteiger partial charge >= 0.3 is 0 Å². The Kier molecular flexibility index (Phi) is 6.99. The van der Waals surface area contributed by atoms with Gasteiger partial charge in [0.05, 0.1) is 46.5 Å². The molecule has 3 aromatic heterocycles. The second-order valence-corrected chi connectivity index (χ2v) is 15.9. The maximum absolute atomic E-state index is 9.78. The summed E-state index contributed by atoms with van der Waals surface area (Å²) in [5.41, 5.74) is 7.11. The van der Waals surface area contributed by atoms with Crippen LogP contribution in [-0.4, -0.2) is 39.9 Å². The number of hydrogen-bond acceptors (Lipinski definition) is 10. The number of benzene rings is 8. The van der Waals surface area contributed by atoms with Gasteiger partial charge in [-0.05, 0) is 140 Å². The molecule has 0 saturated carbocycles. The Morgan fingerprint density at radius 3 is 0.828 bits per heavy atom. The highest BCUT2D eigenvalue weighted by molar-refractivity contribution is 6.13. The van der Waals surface area contributed by atoms with Crippen LogP contribution in [0.2, 0.25) is 0 Å². The van der Waals surface area contributed by atoms with Crippen LogP contribution in [0, 0.1) is 45.3 Å². The first-order chi connectivity index (χ1) is 31.4. The van der Waals surface area contributed by atoms with E-state index in [1.165, 1.54) is 0 Å². The van der Waals surface area contributed by atoms with Crippen LogP contribution in [0.15, 0.2) is 121 Å². The van der Waals surface area contributed by atoms with E-state index in [2.05, 4.69) is 34.2 Å². The van der Waals surface area contributed by atoms with Crippen LogP contribution in [0.25, 0.3) is 133 Å². The van der Waals surface area contributed by atoms with E-state index in [0.717, 1.165) is 86.9 Å². The van der Waals surface area contributed by atoms with Crippen LogP contribution in [0.1, 0.15) is 22.3 Å². The number of aromatic nitrogens is 8. The molecule has 2 N–H and O–H groups in total. The third kappa shape index (κ3) is 5.18. The molecule has 0 aliphatic carbocycles. The summed E-state index contributed by atoms with van der Waals surface area (Å²) in [4.78, 5) is 38.3. The summed E-state index contributed by atoms with van der Waals surface area (Å²) in [6, 6.07) is 47.4. The molecule has 0 radical (unpaired) electrons. The van der Waals surface area contributed by atoms with Crippen molar-refractivity contribution in [2.75, 3.05) is 0 Å². The third-order valence-electron chi connectivity index (χ3n) is 12.2. The zero-order chi connectivity index (χ0) is 42.8. The third-order valence-corrected chi connectivity index (χ3v) is 12.2. The number of nitrogens with zero attached hydrogens (tertiary/aromatic N) is 10. The number of nitriles is 4. The molecule has 8 aromatic carbocycles. The van der Waals surface area contributed by atoms with Crippen LogP contribution in [0.4, 0.5) is 0 Å². The quantitative estimate of drug-likeness (QED) is 0.148. The number of hydrogen-bond donors (Lipinski definition) is 2. The van der Waals surface area contributed by atoms with E-state index in [-0.39, 0.29) is 0 Å². The molecule has 0 spiro atoms. The van der Waals surface area contributed by atoms with E-state index < -0.39 is 0 Å². The van der Waals surface area contributed by atoms with Crippen molar-refractivity contribution >= 4 is 87.2 Å². The lowest BCUT2D eigenvalue weighted by Crippen LogP contribution is -1.85. The normalized spacial score (nSPS) is 11.7. The van der Waals surface area contributed by atoms with Gasteiger partial charge < -0.3 is 9.97 Å². The number of rotatable bonds is 0. The van der Waals surface area contributed by atoms with Crippen molar-refractivity contribution in [1.29, 1.82) is 21.0 Å². The number of fused-ring (bicyclic) bond motifs is 24. The maximum Gasteiger partial charge on any atom is 0.164 e. The summed E-state index contributed by atoms with van der Waals surface area (Å²) in [6.07, 6.45) is 0. The Hall–Kier alpha value is -9.88. The zero-order valence-corrected chi connectivity index (χ0v) is 33.0. The Balaban J connectivity index is 1.22. The first-order valence-corrected chi connectivity index (χ1v) is 20.1. The zero-order valence-electron chi connectivity index (χ0n) is 33.0. The second-order valence-electron chi connectivity index (χ2n) is 15.9. The highest BCUT2D eigenvalue weighted by Gasteiger charge is 2.24. The summed E-state index contributed by atoms with van der Waals surface area (Å²) in [7, 11) is 0. The number of aromatic amines is 2. The van der Waals surface area contributed by atoms with Crippen LogP contribution < -0.4 is 0 Å². The highest BCUT2D eigenvalue weighted by Crippen LogP contribution is 2.41. The molecule has 5 heterocycles. The smallest absolute Gasteiger partial charge is 0.164 e. The van der Waals surface area contributed by atoms with E-state index in [9.17, 15) is 21.0 Å². The Labute approximate surface area is 360 Å². The summed E-state index contributed by atoms with van der Waals surface area (Å²) in [5.74, 6) is 1.66. The average Bonchev–Trinajstić information content (AvgIpc) is 4.04. The van der Waals surface area contributed by atoms with Crippen LogP contribution >= 0.6 is 0 Å². The molecule has 0 saturated heterocycles. The molecule has 64 heavy (non-hydrogen) atoms. The SMILES string of the molecule is N#Cc1ccc2cc3c(cc2c1)-c1nc-3nc2[nH]c(nc3nc(nc4[nH]c(n1)c1cc5ccc(C#N)cc5cc41)-c1cc4ccc(C#N)cc4cc1-3)c1cc3ccc(C#N)cc3cc21. The van der Waals surface area contributed by atoms with Gasteiger partial charge in [-0.1, -0.05) is 24.3 Å².